The van der Waals surface area contributed by atoms with Gasteiger partial charge in [0.25, 0.3) is 10.0 Å². The van der Waals surface area contributed by atoms with Crippen LogP contribution in [0.2, 0.25) is 5.15 Å². The first kappa shape index (κ1) is 14.8. The second-order valence-corrected chi connectivity index (χ2v) is 7.56. The summed E-state index contributed by atoms with van der Waals surface area (Å²) < 4.78 is 28.8. The summed E-state index contributed by atoms with van der Waals surface area (Å²) in [6.45, 7) is 4.29. The van der Waals surface area contributed by atoms with Crippen LogP contribution in [0.4, 0.5) is 0 Å². The van der Waals surface area contributed by atoms with Gasteiger partial charge in [0.15, 0.2) is 0 Å². The summed E-state index contributed by atoms with van der Waals surface area (Å²) in [7, 11) is -1.97. The van der Waals surface area contributed by atoms with E-state index >= 15 is 0 Å². The van der Waals surface area contributed by atoms with Gasteiger partial charge in [0, 0.05) is 13.1 Å². The van der Waals surface area contributed by atoms with Crippen molar-refractivity contribution in [1.29, 1.82) is 0 Å². The van der Waals surface area contributed by atoms with Gasteiger partial charge in [0.2, 0.25) is 5.03 Å². The quantitative estimate of drug-likeness (QED) is 0.931. The Morgan fingerprint density at radius 2 is 2.11 bits per heavy atom. The molecule has 1 aromatic rings. The average molecular weight is 306 g/mol. The van der Waals surface area contributed by atoms with Gasteiger partial charge in [-0.3, -0.25) is 0 Å². The molecule has 0 aliphatic heterocycles. The van der Waals surface area contributed by atoms with Crippen molar-refractivity contribution in [1.82, 2.24) is 14.3 Å². The molecule has 2 rings (SSSR count). The minimum atomic E-state index is -3.63. The molecule has 0 bridgehead atoms. The van der Waals surface area contributed by atoms with Crippen molar-refractivity contribution in [3.05, 3.63) is 11.5 Å². The zero-order chi connectivity index (χ0) is 14.2. The number of hydrogen-bond donors (Lipinski definition) is 1. The predicted molar refractivity (Wildman–Crippen MR) is 74.5 cm³/mol. The summed E-state index contributed by atoms with van der Waals surface area (Å²) in [5.41, 5.74) is 0. The van der Waals surface area contributed by atoms with Crippen LogP contribution >= 0.6 is 11.6 Å². The third-order valence-electron chi connectivity index (χ3n) is 3.83. The van der Waals surface area contributed by atoms with Crippen LogP contribution < -0.4 is 4.72 Å². The molecule has 1 aliphatic carbocycles. The Balaban J connectivity index is 2.16. The van der Waals surface area contributed by atoms with Crippen LogP contribution in [0.25, 0.3) is 0 Å². The summed E-state index contributed by atoms with van der Waals surface area (Å²) in [5, 5.41) is 0.0619. The third kappa shape index (κ3) is 3.12. The highest BCUT2D eigenvalue weighted by molar-refractivity contribution is 7.89. The maximum absolute atomic E-state index is 12.3. The Labute approximate surface area is 119 Å². The van der Waals surface area contributed by atoms with Gasteiger partial charge in [-0.05, 0) is 31.1 Å². The summed E-state index contributed by atoms with van der Waals surface area (Å²) in [6, 6.07) is -0.0285. The number of halogens is 1. The molecule has 1 N–H and O–H groups in total. The molecular weight excluding hydrogens is 286 g/mol. The molecule has 0 radical (unpaired) electrons. The topological polar surface area (TPSA) is 64.0 Å². The van der Waals surface area contributed by atoms with Crippen molar-refractivity contribution in [2.24, 2.45) is 18.9 Å². The largest absolute Gasteiger partial charge is 0.324 e. The van der Waals surface area contributed by atoms with E-state index in [1.807, 2.05) is 0 Å². The fraction of sp³-hybridized carbons (Fsp3) is 0.750. The van der Waals surface area contributed by atoms with Crippen molar-refractivity contribution >= 4 is 21.6 Å². The first-order valence-electron chi connectivity index (χ1n) is 6.50. The van der Waals surface area contributed by atoms with Gasteiger partial charge in [-0.2, -0.15) is 0 Å². The van der Waals surface area contributed by atoms with Gasteiger partial charge in [0.1, 0.15) is 5.15 Å². The SMILES string of the molecule is CC1CCC(NS(=O)(=O)c2ncn(C)c2Cl)C(C)C1. The van der Waals surface area contributed by atoms with Crippen molar-refractivity contribution in [2.75, 3.05) is 0 Å². The van der Waals surface area contributed by atoms with Gasteiger partial charge in [-0.25, -0.2) is 18.1 Å². The molecular formula is C12H20ClN3O2S. The average Bonchev–Trinajstić information content (AvgIpc) is 2.64. The first-order valence-corrected chi connectivity index (χ1v) is 8.36. The number of aryl methyl sites for hydroxylation is 1. The van der Waals surface area contributed by atoms with Crippen molar-refractivity contribution < 1.29 is 8.42 Å². The maximum atomic E-state index is 12.3. The van der Waals surface area contributed by atoms with E-state index in [0.29, 0.717) is 11.8 Å². The molecule has 1 aromatic heterocycles. The van der Waals surface area contributed by atoms with E-state index in [-0.39, 0.29) is 16.2 Å². The molecule has 0 aromatic carbocycles. The monoisotopic (exact) mass is 305 g/mol. The summed E-state index contributed by atoms with van der Waals surface area (Å²) >= 11 is 5.95. The zero-order valence-electron chi connectivity index (χ0n) is 11.4. The number of hydrogen-bond acceptors (Lipinski definition) is 3. The van der Waals surface area contributed by atoms with Gasteiger partial charge >= 0.3 is 0 Å². The van der Waals surface area contributed by atoms with Gasteiger partial charge < -0.3 is 4.57 Å². The Morgan fingerprint density at radius 3 is 2.63 bits per heavy atom. The highest BCUT2D eigenvalue weighted by Crippen LogP contribution is 2.30. The van der Waals surface area contributed by atoms with Crippen molar-refractivity contribution in [2.45, 2.75) is 44.2 Å². The van der Waals surface area contributed by atoms with Crippen LogP contribution in [0.15, 0.2) is 11.4 Å². The lowest BCUT2D eigenvalue weighted by Gasteiger charge is -2.32. The van der Waals surface area contributed by atoms with Crippen LogP contribution in [-0.4, -0.2) is 24.0 Å². The normalized spacial score (nSPS) is 28.5. The Kier molecular flexibility index (Phi) is 4.23. The predicted octanol–water partition coefficient (Wildman–Crippen LogP) is 2.18. The molecule has 0 spiro atoms. The second kappa shape index (κ2) is 5.42. The van der Waals surface area contributed by atoms with E-state index in [9.17, 15) is 8.42 Å². The van der Waals surface area contributed by atoms with E-state index in [4.69, 9.17) is 11.6 Å². The molecule has 1 saturated carbocycles. The lowest BCUT2D eigenvalue weighted by Crippen LogP contribution is -2.42. The van der Waals surface area contributed by atoms with E-state index in [1.165, 1.54) is 10.9 Å². The van der Waals surface area contributed by atoms with E-state index in [1.54, 1.807) is 7.05 Å². The Morgan fingerprint density at radius 1 is 1.42 bits per heavy atom. The van der Waals surface area contributed by atoms with E-state index in [2.05, 4.69) is 23.6 Å². The summed E-state index contributed by atoms with van der Waals surface area (Å²) in [4.78, 5) is 3.87. The smallest absolute Gasteiger partial charge is 0.261 e. The molecule has 7 heteroatoms. The number of nitrogens with one attached hydrogen (secondary N) is 1. The highest BCUT2D eigenvalue weighted by atomic mass is 35.5. The van der Waals surface area contributed by atoms with Gasteiger partial charge in [0.05, 0.1) is 6.33 Å². The van der Waals surface area contributed by atoms with E-state index in [0.717, 1.165) is 19.3 Å². The van der Waals surface area contributed by atoms with Gasteiger partial charge in [-0.1, -0.05) is 25.4 Å². The fourth-order valence-corrected chi connectivity index (χ4v) is 4.48. The molecule has 0 saturated heterocycles. The maximum Gasteiger partial charge on any atom is 0.261 e. The van der Waals surface area contributed by atoms with Crippen LogP contribution in [0.3, 0.4) is 0 Å². The molecule has 1 heterocycles. The molecule has 3 atom stereocenters. The molecule has 3 unspecified atom stereocenters. The van der Waals surface area contributed by atoms with Crippen LogP contribution in [-0.2, 0) is 17.1 Å². The van der Waals surface area contributed by atoms with Crippen LogP contribution in [0.5, 0.6) is 0 Å². The number of rotatable bonds is 3. The second-order valence-electron chi connectivity index (χ2n) is 5.57. The molecule has 0 amide bonds. The molecule has 19 heavy (non-hydrogen) atoms. The number of sulfonamides is 1. The van der Waals surface area contributed by atoms with Crippen LogP contribution in [0, 0.1) is 11.8 Å². The number of aromatic nitrogens is 2. The highest BCUT2D eigenvalue weighted by Gasteiger charge is 2.31. The lowest BCUT2D eigenvalue weighted by molar-refractivity contribution is 0.249. The fourth-order valence-electron chi connectivity index (χ4n) is 2.67. The summed E-state index contributed by atoms with van der Waals surface area (Å²) in [6.07, 6.45) is 4.37. The standard InChI is InChI=1S/C12H20ClN3O2S/c1-8-4-5-10(9(2)6-8)15-19(17,18)12-11(13)16(3)7-14-12/h7-10,15H,4-6H2,1-3H3. The van der Waals surface area contributed by atoms with Crippen molar-refractivity contribution in [3.63, 3.8) is 0 Å². The first-order chi connectivity index (χ1) is 8.81. The van der Waals surface area contributed by atoms with E-state index < -0.39 is 10.0 Å². The zero-order valence-corrected chi connectivity index (χ0v) is 13.0. The molecule has 5 nitrogen and oxygen atoms in total. The molecule has 1 fully saturated rings. The van der Waals surface area contributed by atoms with Crippen molar-refractivity contribution in [3.8, 4) is 0 Å². The minimum Gasteiger partial charge on any atom is -0.324 e. The Hall–Kier alpha value is -0.590. The van der Waals surface area contributed by atoms with Gasteiger partial charge in [-0.15, -0.1) is 0 Å². The Bertz CT molecular complexity index is 555. The summed E-state index contributed by atoms with van der Waals surface area (Å²) in [5.74, 6) is 0.996. The molecule has 108 valence electrons. The number of nitrogens with zero attached hydrogens (tertiary/aromatic N) is 2. The van der Waals surface area contributed by atoms with Crippen LogP contribution in [0.1, 0.15) is 33.1 Å². The minimum absolute atomic E-state index is 0.0285. The third-order valence-corrected chi connectivity index (χ3v) is 5.81. The molecule has 1 aliphatic rings. The number of imidazole rings is 1. The lowest BCUT2D eigenvalue weighted by atomic mass is 9.80.